The number of anilines is 1. The van der Waals surface area contributed by atoms with Gasteiger partial charge in [-0.25, -0.2) is 4.98 Å². The number of nitrogen functional groups attached to an aromatic ring is 1. The zero-order valence-electron chi connectivity index (χ0n) is 9.92. The largest absolute Gasteiger partial charge is 0.392 e. The van der Waals surface area contributed by atoms with Gasteiger partial charge in [0.25, 0.3) is 5.56 Å². The maximum atomic E-state index is 13.9. The number of rotatable bonds is 3. The van der Waals surface area contributed by atoms with Crippen LogP contribution in [0.2, 0.25) is 5.15 Å². The lowest BCUT2D eigenvalue weighted by atomic mass is 10.2. The Bertz CT molecular complexity index is 747. The molecule has 1 aromatic carbocycles. The Labute approximate surface area is 116 Å². The van der Waals surface area contributed by atoms with Gasteiger partial charge in [0.1, 0.15) is 5.69 Å². The van der Waals surface area contributed by atoms with Gasteiger partial charge in [0.15, 0.2) is 5.15 Å². The summed E-state index contributed by atoms with van der Waals surface area (Å²) in [7, 11) is 0. The predicted octanol–water partition coefficient (Wildman–Crippen LogP) is 1.57. The lowest BCUT2D eigenvalue weighted by Gasteiger charge is -2.07. The SMILES string of the molecule is Nc1c(Cl)ncn(Cc2cccc([N+](=O)[O-])c2F)c1=O. The van der Waals surface area contributed by atoms with E-state index < -0.39 is 22.0 Å². The summed E-state index contributed by atoms with van der Waals surface area (Å²) < 4.78 is 14.9. The average molecular weight is 299 g/mol. The molecule has 0 radical (unpaired) electrons. The molecule has 2 aromatic rings. The third-order valence-corrected chi connectivity index (χ3v) is 2.92. The maximum Gasteiger partial charge on any atom is 0.305 e. The van der Waals surface area contributed by atoms with E-state index >= 15 is 0 Å². The number of nitro benzene ring substituents is 1. The predicted molar refractivity (Wildman–Crippen MR) is 70.1 cm³/mol. The molecule has 0 atom stereocenters. The molecular weight excluding hydrogens is 291 g/mol. The van der Waals surface area contributed by atoms with Crippen LogP contribution < -0.4 is 11.3 Å². The zero-order valence-corrected chi connectivity index (χ0v) is 10.7. The molecule has 0 saturated heterocycles. The number of hydrogen-bond acceptors (Lipinski definition) is 5. The van der Waals surface area contributed by atoms with Crippen molar-refractivity contribution >= 4 is 23.0 Å². The van der Waals surface area contributed by atoms with Crippen molar-refractivity contribution in [1.29, 1.82) is 0 Å². The Kier molecular flexibility index (Phi) is 3.66. The van der Waals surface area contributed by atoms with Crippen LogP contribution in [-0.4, -0.2) is 14.5 Å². The molecule has 0 aliphatic rings. The summed E-state index contributed by atoms with van der Waals surface area (Å²) in [5, 5.41) is 10.5. The van der Waals surface area contributed by atoms with Gasteiger partial charge in [0.05, 0.1) is 17.8 Å². The van der Waals surface area contributed by atoms with E-state index in [4.69, 9.17) is 17.3 Å². The van der Waals surface area contributed by atoms with Crippen molar-refractivity contribution in [2.24, 2.45) is 0 Å². The van der Waals surface area contributed by atoms with E-state index in [2.05, 4.69) is 4.98 Å². The highest BCUT2D eigenvalue weighted by Crippen LogP contribution is 2.20. The summed E-state index contributed by atoms with van der Waals surface area (Å²) in [6.45, 7) is -0.235. The highest BCUT2D eigenvalue weighted by atomic mass is 35.5. The first-order chi connectivity index (χ1) is 9.41. The van der Waals surface area contributed by atoms with Crippen molar-refractivity contribution in [2.45, 2.75) is 6.54 Å². The van der Waals surface area contributed by atoms with E-state index in [1.54, 1.807) is 0 Å². The van der Waals surface area contributed by atoms with Crippen LogP contribution in [0.3, 0.4) is 0 Å². The van der Waals surface area contributed by atoms with Crippen LogP contribution in [0.1, 0.15) is 5.56 Å². The molecule has 1 aromatic heterocycles. The molecule has 0 aliphatic heterocycles. The molecule has 2 N–H and O–H groups in total. The molecule has 2 rings (SSSR count). The highest BCUT2D eigenvalue weighted by molar-refractivity contribution is 6.31. The fourth-order valence-electron chi connectivity index (χ4n) is 1.61. The molecule has 0 unspecified atom stereocenters. The van der Waals surface area contributed by atoms with E-state index in [-0.39, 0.29) is 22.9 Å². The van der Waals surface area contributed by atoms with Crippen LogP contribution in [-0.2, 0) is 6.54 Å². The number of nitrogens with two attached hydrogens (primary N) is 1. The summed E-state index contributed by atoms with van der Waals surface area (Å²) in [6, 6.07) is 3.70. The minimum absolute atomic E-state index is 0.0233. The maximum absolute atomic E-state index is 13.9. The molecule has 20 heavy (non-hydrogen) atoms. The summed E-state index contributed by atoms with van der Waals surface area (Å²) in [5.41, 5.74) is 3.83. The lowest BCUT2D eigenvalue weighted by Crippen LogP contribution is -2.24. The van der Waals surface area contributed by atoms with Gasteiger partial charge in [-0.3, -0.25) is 19.5 Å². The molecule has 0 aliphatic carbocycles. The van der Waals surface area contributed by atoms with Gasteiger partial charge in [0, 0.05) is 11.6 Å². The van der Waals surface area contributed by atoms with Gasteiger partial charge in [-0.05, 0) is 0 Å². The van der Waals surface area contributed by atoms with Crippen LogP contribution in [0.15, 0.2) is 29.3 Å². The molecule has 0 saturated carbocycles. The number of benzene rings is 1. The Morgan fingerprint density at radius 2 is 2.20 bits per heavy atom. The first-order valence-corrected chi connectivity index (χ1v) is 5.71. The molecular formula is C11H8ClFN4O3. The van der Waals surface area contributed by atoms with Gasteiger partial charge >= 0.3 is 5.69 Å². The molecule has 104 valence electrons. The summed E-state index contributed by atoms with van der Waals surface area (Å²) in [5.74, 6) is -1.00. The minimum atomic E-state index is -1.00. The molecule has 1 heterocycles. The van der Waals surface area contributed by atoms with Crippen molar-refractivity contribution < 1.29 is 9.31 Å². The molecule has 0 fully saturated rings. The van der Waals surface area contributed by atoms with Gasteiger partial charge in [0.2, 0.25) is 5.82 Å². The van der Waals surface area contributed by atoms with E-state index in [1.165, 1.54) is 12.1 Å². The second kappa shape index (κ2) is 5.25. The standard InChI is InChI=1S/C11H8ClFN4O3/c12-10-9(14)11(18)16(5-15-10)4-6-2-1-3-7(8(6)13)17(19)20/h1-3,5H,4,14H2. The average Bonchev–Trinajstić information content (AvgIpc) is 2.41. The smallest absolute Gasteiger partial charge is 0.305 e. The quantitative estimate of drug-likeness (QED) is 0.526. The zero-order chi connectivity index (χ0) is 14.9. The molecule has 0 bridgehead atoms. The van der Waals surface area contributed by atoms with Gasteiger partial charge in [-0.15, -0.1) is 0 Å². The molecule has 0 amide bonds. The Balaban J connectivity index is 2.46. The third kappa shape index (κ3) is 2.45. The normalized spacial score (nSPS) is 10.5. The van der Waals surface area contributed by atoms with Crippen molar-refractivity contribution in [3.63, 3.8) is 0 Å². The molecule has 0 spiro atoms. The van der Waals surface area contributed by atoms with Crippen LogP contribution in [0.5, 0.6) is 0 Å². The lowest BCUT2D eigenvalue weighted by molar-refractivity contribution is -0.387. The van der Waals surface area contributed by atoms with Crippen LogP contribution in [0, 0.1) is 15.9 Å². The van der Waals surface area contributed by atoms with Gasteiger partial charge in [-0.1, -0.05) is 23.7 Å². The molecule has 9 heteroatoms. The summed E-state index contributed by atoms with van der Waals surface area (Å²) >= 11 is 5.57. The number of aromatic nitrogens is 2. The summed E-state index contributed by atoms with van der Waals surface area (Å²) in [4.78, 5) is 25.3. The number of hydrogen-bond donors (Lipinski definition) is 1. The third-order valence-electron chi connectivity index (χ3n) is 2.62. The van der Waals surface area contributed by atoms with Crippen LogP contribution in [0.4, 0.5) is 15.8 Å². The first kappa shape index (κ1) is 13.9. The van der Waals surface area contributed by atoms with Crippen molar-refractivity contribution in [1.82, 2.24) is 9.55 Å². The van der Waals surface area contributed by atoms with Crippen LogP contribution in [0.25, 0.3) is 0 Å². The van der Waals surface area contributed by atoms with E-state index in [1.807, 2.05) is 0 Å². The molecule has 7 nitrogen and oxygen atoms in total. The highest BCUT2D eigenvalue weighted by Gasteiger charge is 2.18. The fraction of sp³-hybridized carbons (Fsp3) is 0.0909. The van der Waals surface area contributed by atoms with Crippen molar-refractivity contribution in [3.8, 4) is 0 Å². The minimum Gasteiger partial charge on any atom is -0.392 e. The van der Waals surface area contributed by atoms with Crippen molar-refractivity contribution in [3.05, 3.63) is 61.5 Å². The Hall–Kier alpha value is -2.48. The first-order valence-electron chi connectivity index (χ1n) is 5.34. The second-order valence-electron chi connectivity index (χ2n) is 3.89. The van der Waals surface area contributed by atoms with E-state index in [0.717, 1.165) is 17.0 Å². The van der Waals surface area contributed by atoms with Gasteiger partial charge in [-0.2, -0.15) is 4.39 Å². The number of halogens is 2. The number of nitro groups is 1. The number of nitrogens with zero attached hydrogens (tertiary/aromatic N) is 3. The Morgan fingerprint density at radius 3 is 2.85 bits per heavy atom. The second-order valence-corrected chi connectivity index (χ2v) is 4.25. The summed E-state index contributed by atoms with van der Waals surface area (Å²) in [6.07, 6.45) is 1.10. The Morgan fingerprint density at radius 1 is 1.50 bits per heavy atom. The van der Waals surface area contributed by atoms with Crippen LogP contribution >= 0.6 is 11.6 Å². The monoisotopic (exact) mass is 298 g/mol. The fourth-order valence-corrected chi connectivity index (χ4v) is 1.74. The topological polar surface area (TPSA) is 104 Å². The van der Waals surface area contributed by atoms with Gasteiger partial charge < -0.3 is 5.73 Å². The van der Waals surface area contributed by atoms with Crippen molar-refractivity contribution in [2.75, 3.05) is 5.73 Å². The van der Waals surface area contributed by atoms with E-state index in [0.29, 0.717) is 0 Å². The van der Waals surface area contributed by atoms with E-state index in [9.17, 15) is 19.3 Å².